The summed E-state index contributed by atoms with van der Waals surface area (Å²) in [7, 11) is 1.71. The molecule has 0 aliphatic rings. The highest BCUT2D eigenvalue weighted by Crippen LogP contribution is 2.25. The van der Waals surface area contributed by atoms with Crippen LogP contribution in [0.1, 0.15) is 0 Å². The van der Waals surface area contributed by atoms with Crippen molar-refractivity contribution in [1.29, 1.82) is 0 Å². The minimum absolute atomic E-state index is 0.100. The molecule has 0 spiro atoms. The topological polar surface area (TPSA) is 59.1 Å². The minimum Gasteiger partial charge on any atom is -0.435 e. The Balaban J connectivity index is 2.13. The van der Waals surface area contributed by atoms with Gasteiger partial charge in [-0.3, -0.25) is 0 Å². The van der Waals surface area contributed by atoms with Crippen molar-refractivity contribution in [3.05, 3.63) is 34.9 Å². The second kappa shape index (κ2) is 6.47. The predicted molar refractivity (Wildman–Crippen MR) is 75.6 cm³/mol. The quantitative estimate of drug-likeness (QED) is 0.867. The first-order valence-electron chi connectivity index (χ1n) is 5.60. The Bertz CT molecular complexity index is 580. The van der Waals surface area contributed by atoms with Crippen LogP contribution in [0.15, 0.2) is 34.9 Å². The van der Waals surface area contributed by atoms with Crippen LogP contribution in [0.5, 0.6) is 5.75 Å². The summed E-state index contributed by atoms with van der Waals surface area (Å²) < 4.78 is 29.0. The SMILES string of the molecule is CNc1ncc(Br)c(Nc2ccc(OC(F)F)cc2)n1. The molecular formula is C12H11BrF2N4O. The van der Waals surface area contributed by atoms with Gasteiger partial charge in [0.25, 0.3) is 0 Å². The molecular weight excluding hydrogens is 334 g/mol. The lowest BCUT2D eigenvalue weighted by atomic mass is 10.3. The van der Waals surface area contributed by atoms with Crippen molar-refractivity contribution in [1.82, 2.24) is 9.97 Å². The molecule has 0 saturated carbocycles. The first-order chi connectivity index (χ1) is 9.58. The molecule has 0 radical (unpaired) electrons. The summed E-state index contributed by atoms with van der Waals surface area (Å²) in [6.07, 6.45) is 1.61. The fourth-order valence-electron chi connectivity index (χ4n) is 1.43. The van der Waals surface area contributed by atoms with Crippen molar-refractivity contribution in [2.45, 2.75) is 6.61 Å². The van der Waals surface area contributed by atoms with Crippen LogP contribution in [0.2, 0.25) is 0 Å². The maximum atomic E-state index is 12.0. The standard InChI is InChI=1S/C12H11BrF2N4O/c1-16-12-17-6-9(13)10(19-12)18-7-2-4-8(5-3-7)20-11(14)15/h2-6,11H,1H3,(H2,16,17,18,19). The van der Waals surface area contributed by atoms with Crippen LogP contribution in [-0.4, -0.2) is 23.6 Å². The van der Waals surface area contributed by atoms with Crippen LogP contribution >= 0.6 is 15.9 Å². The van der Waals surface area contributed by atoms with Gasteiger partial charge in [0.1, 0.15) is 11.6 Å². The number of nitrogens with zero attached hydrogens (tertiary/aromatic N) is 2. The third-order valence-electron chi connectivity index (χ3n) is 2.31. The third-order valence-corrected chi connectivity index (χ3v) is 2.89. The Morgan fingerprint density at radius 2 is 1.95 bits per heavy atom. The summed E-state index contributed by atoms with van der Waals surface area (Å²) >= 11 is 3.33. The zero-order valence-electron chi connectivity index (χ0n) is 10.4. The second-order valence-corrected chi connectivity index (χ2v) is 4.52. The van der Waals surface area contributed by atoms with Crippen molar-refractivity contribution < 1.29 is 13.5 Å². The molecule has 0 unspecified atom stereocenters. The first kappa shape index (κ1) is 14.4. The van der Waals surface area contributed by atoms with Crippen molar-refractivity contribution in [2.75, 3.05) is 17.7 Å². The Morgan fingerprint density at radius 1 is 1.25 bits per heavy atom. The smallest absolute Gasteiger partial charge is 0.387 e. The average molecular weight is 345 g/mol. The van der Waals surface area contributed by atoms with E-state index in [9.17, 15) is 8.78 Å². The van der Waals surface area contributed by atoms with Gasteiger partial charge >= 0.3 is 6.61 Å². The first-order valence-corrected chi connectivity index (χ1v) is 6.40. The van der Waals surface area contributed by atoms with Gasteiger partial charge in [-0.15, -0.1) is 0 Å². The van der Waals surface area contributed by atoms with Crippen LogP contribution in [0.4, 0.5) is 26.2 Å². The number of benzene rings is 1. The zero-order chi connectivity index (χ0) is 14.5. The zero-order valence-corrected chi connectivity index (χ0v) is 12.0. The van der Waals surface area contributed by atoms with Gasteiger partial charge in [0.2, 0.25) is 5.95 Å². The molecule has 2 rings (SSSR count). The van der Waals surface area contributed by atoms with Gasteiger partial charge in [-0.2, -0.15) is 13.8 Å². The molecule has 0 saturated heterocycles. The molecule has 5 nitrogen and oxygen atoms in total. The number of rotatable bonds is 5. The lowest BCUT2D eigenvalue weighted by molar-refractivity contribution is -0.0498. The van der Waals surface area contributed by atoms with E-state index in [1.54, 1.807) is 25.4 Å². The number of hydrogen-bond donors (Lipinski definition) is 2. The molecule has 8 heteroatoms. The highest BCUT2D eigenvalue weighted by molar-refractivity contribution is 9.10. The number of anilines is 3. The van der Waals surface area contributed by atoms with E-state index in [1.165, 1.54) is 12.1 Å². The van der Waals surface area contributed by atoms with Crippen molar-refractivity contribution in [3.63, 3.8) is 0 Å². The van der Waals surface area contributed by atoms with E-state index in [-0.39, 0.29) is 5.75 Å². The van der Waals surface area contributed by atoms with E-state index >= 15 is 0 Å². The number of aromatic nitrogens is 2. The second-order valence-electron chi connectivity index (χ2n) is 3.67. The summed E-state index contributed by atoms with van der Waals surface area (Å²) in [5.74, 6) is 1.13. The molecule has 0 fully saturated rings. The monoisotopic (exact) mass is 344 g/mol. The maximum absolute atomic E-state index is 12.0. The number of halogens is 3. The lowest BCUT2D eigenvalue weighted by Crippen LogP contribution is -2.02. The lowest BCUT2D eigenvalue weighted by Gasteiger charge is -2.10. The van der Waals surface area contributed by atoms with Gasteiger partial charge < -0.3 is 15.4 Å². The Morgan fingerprint density at radius 3 is 2.55 bits per heavy atom. The summed E-state index contributed by atoms with van der Waals surface area (Å²) in [6, 6.07) is 6.13. The van der Waals surface area contributed by atoms with Gasteiger partial charge in [0.15, 0.2) is 0 Å². The van der Waals surface area contributed by atoms with E-state index in [4.69, 9.17) is 0 Å². The molecule has 0 bridgehead atoms. The molecule has 20 heavy (non-hydrogen) atoms. The Hall–Kier alpha value is -1.96. The van der Waals surface area contributed by atoms with E-state index < -0.39 is 6.61 Å². The summed E-state index contributed by atoms with van der Waals surface area (Å²) in [6.45, 7) is -2.83. The van der Waals surface area contributed by atoms with Gasteiger partial charge in [-0.05, 0) is 40.2 Å². The highest BCUT2D eigenvalue weighted by atomic mass is 79.9. The van der Waals surface area contributed by atoms with E-state index in [2.05, 4.69) is 41.3 Å². The number of ether oxygens (including phenoxy) is 1. The number of hydrogen-bond acceptors (Lipinski definition) is 5. The van der Waals surface area contributed by atoms with Crippen LogP contribution in [0.25, 0.3) is 0 Å². The maximum Gasteiger partial charge on any atom is 0.387 e. The van der Waals surface area contributed by atoms with E-state index in [1.807, 2.05) is 0 Å². The van der Waals surface area contributed by atoms with Crippen LogP contribution in [-0.2, 0) is 0 Å². The van der Waals surface area contributed by atoms with Crippen LogP contribution in [0.3, 0.4) is 0 Å². The van der Waals surface area contributed by atoms with Crippen LogP contribution in [0, 0.1) is 0 Å². The fourth-order valence-corrected chi connectivity index (χ4v) is 1.72. The van der Waals surface area contributed by atoms with Gasteiger partial charge in [0.05, 0.1) is 4.47 Å². The molecule has 2 N–H and O–H groups in total. The Kier molecular flexibility index (Phi) is 4.67. The largest absolute Gasteiger partial charge is 0.435 e. The normalized spacial score (nSPS) is 10.4. The summed E-state index contributed by atoms with van der Waals surface area (Å²) in [5.41, 5.74) is 0.688. The molecule has 106 valence electrons. The molecule has 1 aromatic heterocycles. The molecule has 0 amide bonds. The van der Waals surface area contributed by atoms with Crippen LogP contribution < -0.4 is 15.4 Å². The molecule has 0 aliphatic heterocycles. The van der Waals surface area contributed by atoms with E-state index in [0.29, 0.717) is 21.9 Å². The average Bonchev–Trinajstić information content (AvgIpc) is 2.43. The van der Waals surface area contributed by atoms with Crippen molar-refractivity contribution >= 4 is 33.4 Å². The number of nitrogens with one attached hydrogen (secondary N) is 2. The molecule has 1 heterocycles. The van der Waals surface area contributed by atoms with Gasteiger partial charge in [-0.1, -0.05) is 0 Å². The van der Waals surface area contributed by atoms with Crippen molar-refractivity contribution in [3.8, 4) is 5.75 Å². The fraction of sp³-hybridized carbons (Fsp3) is 0.167. The minimum atomic E-state index is -2.83. The van der Waals surface area contributed by atoms with Gasteiger partial charge in [-0.25, -0.2) is 4.98 Å². The number of alkyl halides is 2. The highest BCUT2D eigenvalue weighted by Gasteiger charge is 2.06. The summed E-state index contributed by atoms with van der Waals surface area (Å²) in [4.78, 5) is 8.26. The van der Waals surface area contributed by atoms with Gasteiger partial charge in [0, 0.05) is 18.9 Å². The predicted octanol–water partition coefficient (Wildman–Crippen LogP) is 3.63. The molecule has 2 aromatic rings. The third kappa shape index (κ3) is 3.77. The summed E-state index contributed by atoms with van der Waals surface area (Å²) in [5, 5.41) is 5.87. The molecule has 0 aliphatic carbocycles. The molecule has 0 atom stereocenters. The molecule has 1 aromatic carbocycles. The van der Waals surface area contributed by atoms with Crippen molar-refractivity contribution in [2.24, 2.45) is 0 Å². The Labute approximate surface area is 122 Å². The van der Waals surface area contributed by atoms with E-state index in [0.717, 1.165) is 0 Å².